The van der Waals surface area contributed by atoms with Gasteiger partial charge in [0, 0.05) is 18.2 Å². The van der Waals surface area contributed by atoms with Crippen LogP contribution >= 0.6 is 46.4 Å². The number of nitrogens with zero attached hydrogens (tertiary/aromatic N) is 3. The highest BCUT2D eigenvalue weighted by Gasteiger charge is 2.20. The van der Waals surface area contributed by atoms with E-state index in [2.05, 4.69) is 10.2 Å². The fraction of sp³-hybridized carbons (Fsp3) is 0. The molecule has 0 amide bonds. The van der Waals surface area contributed by atoms with Gasteiger partial charge in [0.15, 0.2) is 16.1 Å². The average Bonchev–Trinajstić information content (AvgIpc) is 2.37. The van der Waals surface area contributed by atoms with Crippen LogP contribution < -0.4 is 4.74 Å². The lowest BCUT2D eigenvalue weighted by Gasteiger charge is -2.08. The molecule has 0 unspecified atom stereocenters. The number of nitro groups is 1. The maximum absolute atomic E-state index is 11.0. The third-order valence-electron chi connectivity index (χ3n) is 2.11. The maximum atomic E-state index is 11.0. The van der Waals surface area contributed by atoms with Gasteiger partial charge in [-0.2, -0.15) is 0 Å². The Morgan fingerprint density at radius 2 is 1.65 bits per heavy atom. The van der Waals surface area contributed by atoms with E-state index in [1.807, 2.05) is 0 Å². The first-order valence-corrected chi connectivity index (χ1v) is 6.39. The normalized spacial score (nSPS) is 10.4. The number of aromatic nitrogens is 2. The van der Waals surface area contributed by atoms with E-state index in [9.17, 15) is 10.1 Å². The van der Waals surface area contributed by atoms with Crippen molar-refractivity contribution in [2.45, 2.75) is 0 Å². The Morgan fingerprint density at radius 1 is 1.00 bits per heavy atom. The van der Waals surface area contributed by atoms with E-state index < -0.39 is 4.92 Å². The van der Waals surface area contributed by atoms with Crippen molar-refractivity contribution < 1.29 is 9.66 Å². The monoisotopic (exact) mass is 353 g/mol. The van der Waals surface area contributed by atoms with Crippen LogP contribution in [-0.4, -0.2) is 15.1 Å². The molecule has 0 atom stereocenters. The molecule has 2 rings (SSSR count). The number of nitro benzene ring substituents is 1. The Labute approximate surface area is 132 Å². The van der Waals surface area contributed by atoms with Crippen LogP contribution in [-0.2, 0) is 0 Å². The minimum Gasteiger partial charge on any atom is -0.447 e. The molecule has 0 radical (unpaired) electrons. The standard InChI is InChI=1S/C10H3Cl4N3O3/c11-4-1-6(17(18)19)7(2-5(4)12)20-8-3-9(13)15-16-10(8)14/h1-3H. The first-order chi connectivity index (χ1) is 9.38. The zero-order chi connectivity index (χ0) is 14.9. The van der Waals surface area contributed by atoms with Crippen LogP contribution in [0.4, 0.5) is 5.69 Å². The molecule has 0 spiro atoms. The van der Waals surface area contributed by atoms with Gasteiger partial charge in [-0.05, 0) is 0 Å². The summed E-state index contributed by atoms with van der Waals surface area (Å²) in [6.45, 7) is 0. The van der Waals surface area contributed by atoms with E-state index >= 15 is 0 Å². The second kappa shape index (κ2) is 5.97. The SMILES string of the molecule is O=[N+]([O-])c1cc(Cl)c(Cl)cc1Oc1cc(Cl)nnc1Cl. The van der Waals surface area contributed by atoms with E-state index in [1.54, 1.807) is 0 Å². The Kier molecular flexibility index (Phi) is 4.49. The summed E-state index contributed by atoms with van der Waals surface area (Å²) in [4.78, 5) is 10.3. The number of ether oxygens (including phenoxy) is 1. The van der Waals surface area contributed by atoms with Gasteiger partial charge in [0.25, 0.3) is 0 Å². The molecule has 10 heteroatoms. The molecule has 0 aliphatic carbocycles. The Bertz CT molecular complexity index is 696. The van der Waals surface area contributed by atoms with Crippen molar-refractivity contribution in [1.82, 2.24) is 10.2 Å². The van der Waals surface area contributed by atoms with Gasteiger partial charge in [-0.25, -0.2) is 0 Å². The largest absolute Gasteiger partial charge is 0.447 e. The van der Waals surface area contributed by atoms with Crippen LogP contribution in [0.1, 0.15) is 0 Å². The summed E-state index contributed by atoms with van der Waals surface area (Å²) >= 11 is 22.9. The molecule has 0 saturated heterocycles. The third kappa shape index (κ3) is 3.21. The smallest absolute Gasteiger partial charge is 0.313 e. The number of benzene rings is 1. The summed E-state index contributed by atoms with van der Waals surface area (Å²) in [7, 11) is 0. The fourth-order valence-electron chi connectivity index (χ4n) is 1.27. The summed E-state index contributed by atoms with van der Waals surface area (Å²) in [5.74, 6) is -0.136. The third-order valence-corrected chi connectivity index (χ3v) is 3.27. The lowest BCUT2D eigenvalue weighted by molar-refractivity contribution is -0.385. The minimum absolute atomic E-state index is 0.00755. The molecule has 0 bridgehead atoms. The molecule has 6 nitrogen and oxygen atoms in total. The number of halogens is 4. The molecule has 0 saturated carbocycles. The van der Waals surface area contributed by atoms with Gasteiger partial charge in [0.05, 0.1) is 15.0 Å². The molecule has 0 aliphatic heterocycles. The molecule has 20 heavy (non-hydrogen) atoms. The summed E-state index contributed by atoms with van der Waals surface area (Å²) in [5.41, 5.74) is -0.372. The zero-order valence-electron chi connectivity index (χ0n) is 9.31. The van der Waals surface area contributed by atoms with E-state index in [1.165, 1.54) is 12.1 Å². The number of hydrogen-bond donors (Lipinski definition) is 0. The summed E-state index contributed by atoms with van der Waals surface area (Å²) in [6.07, 6.45) is 0. The molecule has 0 aliphatic rings. The van der Waals surface area contributed by atoms with Crippen molar-refractivity contribution in [2.75, 3.05) is 0 Å². The summed E-state index contributed by atoms with van der Waals surface area (Å²) in [6, 6.07) is 3.54. The Morgan fingerprint density at radius 3 is 2.30 bits per heavy atom. The van der Waals surface area contributed by atoms with Gasteiger partial charge < -0.3 is 4.74 Å². The first kappa shape index (κ1) is 15.1. The van der Waals surface area contributed by atoms with Crippen LogP contribution in [0.15, 0.2) is 18.2 Å². The van der Waals surface area contributed by atoms with Crippen molar-refractivity contribution in [3.8, 4) is 11.5 Å². The number of rotatable bonds is 3. The topological polar surface area (TPSA) is 78.2 Å². The fourth-order valence-corrected chi connectivity index (χ4v) is 1.85. The molecule has 0 fully saturated rings. The molecule has 1 aromatic heterocycles. The molecule has 104 valence electrons. The van der Waals surface area contributed by atoms with Crippen LogP contribution in [0.25, 0.3) is 0 Å². The van der Waals surface area contributed by atoms with Crippen LogP contribution in [0, 0.1) is 10.1 Å². The maximum Gasteiger partial charge on any atom is 0.313 e. The molecular formula is C10H3Cl4N3O3. The van der Waals surface area contributed by atoms with E-state index in [-0.39, 0.29) is 37.5 Å². The van der Waals surface area contributed by atoms with Gasteiger partial charge in [-0.1, -0.05) is 46.4 Å². The van der Waals surface area contributed by atoms with Crippen molar-refractivity contribution in [3.63, 3.8) is 0 Å². The van der Waals surface area contributed by atoms with Crippen molar-refractivity contribution in [1.29, 1.82) is 0 Å². The van der Waals surface area contributed by atoms with Gasteiger partial charge in [0.2, 0.25) is 5.75 Å². The van der Waals surface area contributed by atoms with Crippen molar-refractivity contribution in [2.24, 2.45) is 0 Å². The molecule has 1 heterocycles. The highest BCUT2D eigenvalue weighted by atomic mass is 35.5. The van der Waals surface area contributed by atoms with Gasteiger partial charge >= 0.3 is 5.69 Å². The molecule has 0 N–H and O–H groups in total. The predicted molar refractivity (Wildman–Crippen MR) is 75.2 cm³/mol. The molecule has 2 aromatic rings. The van der Waals surface area contributed by atoms with Crippen LogP contribution in [0.3, 0.4) is 0 Å². The zero-order valence-corrected chi connectivity index (χ0v) is 12.3. The highest BCUT2D eigenvalue weighted by molar-refractivity contribution is 6.42. The second-order valence-electron chi connectivity index (χ2n) is 3.42. The van der Waals surface area contributed by atoms with Gasteiger partial charge in [-0.3, -0.25) is 10.1 Å². The van der Waals surface area contributed by atoms with Crippen LogP contribution in [0.5, 0.6) is 11.5 Å². The van der Waals surface area contributed by atoms with Gasteiger partial charge in [0.1, 0.15) is 0 Å². The summed E-state index contributed by atoms with van der Waals surface area (Å²) in [5, 5.41) is 18.0. The number of hydrogen-bond acceptors (Lipinski definition) is 5. The van der Waals surface area contributed by atoms with Crippen molar-refractivity contribution in [3.05, 3.63) is 48.7 Å². The predicted octanol–water partition coefficient (Wildman–Crippen LogP) is 4.79. The summed E-state index contributed by atoms with van der Waals surface area (Å²) < 4.78 is 5.31. The lowest BCUT2D eigenvalue weighted by atomic mass is 10.3. The second-order valence-corrected chi connectivity index (χ2v) is 4.97. The quantitative estimate of drug-likeness (QED) is 0.584. The van der Waals surface area contributed by atoms with E-state index in [0.717, 1.165) is 6.07 Å². The molecular weight excluding hydrogens is 352 g/mol. The van der Waals surface area contributed by atoms with E-state index in [4.69, 9.17) is 51.1 Å². The molecule has 1 aromatic carbocycles. The van der Waals surface area contributed by atoms with Crippen LogP contribution in [0.2, 0.25) is 20.4 Å². The highest BCUT2D eigenvalue weighted by Crippen LogP contribution is 2.39. The Hall–Kier alpha value is -1.34. The van der Waals surface area contributed by atoms with Gasteiger partial charge in [-0.15, -0.1) is 10.2 Å². The lowest BCUT2D eigenvalue weighted by Crippen LogP contribution is -1.96. The Balaban J connectivity index is 2.50. The average molecular weight is 355 g/mol. The first-order valence-electron chi connectivity index (χ1n) is 4.88. The van der Waals surface area contributed by atoms with Crippen molar-refractivity contribution >= 4 is 52.1 Å². The minimum atomic E-state index is -0.665. The van der Waals surface area contributed by atoms with E-state index in [0.29, 0.717) is 0 Å².